The zero-order valence-corrected chi connectivity index (χ0v) is 21.4. The maximum atomic E-state index is 12.6. The van der Waals surface area contributed by atoms with E-state index in [4.69, 9.17) is 18.9 Å². The van der Waals surface area contributed by atoms with Gasteiger partial charge in [-0.3, -0.25) is 4.79 Å². The molecule has 0 aliphatic rings. The summed E-state index contributed by atoms with van der Waals surface area (Å²) in [6.07, 6.45) is 0. The van der Waals surface area contributed by atoms with E-state index in [-0.39, 0.29) is 18.3 Å². The highest BCUT2D eigenvalue weighted by Gasteiger charge is 2.20. The van der Waals surface area contributed by atoms with Crippen molar-refractivity contribution in [2.45, 2.75) is 19.0 Å². The summed E-state index contributed by atoms with van der Waals surface area (Å²) < 4.78 is 23.0. The number of methoxy groups -OCH3 is 3. The van der Waals surface area contributed by atoms with E-state index in [1.165, 1.54) is 30.2 Å². The van der Waals surface area contributed by atoms with Gasteiger partial charge in [0.2, 0.25) is 11.7 Å². The molecule has 0 unspecified atom stereocenters. The van der Waals surface area contributed by atoms with Crippen LogP contribution in [-0.2, 0) is 16.6 Å². The maximum Gasteiger partial charge on any atom is 0.341 e. The minimum Gasteiger partial charge on any atom is -0.493 e. The summed E-state index contributed by atoms with van der Waals surface area (Å²) in [5.41, 5.74) is 1.07. The Balaban J connectivity index is 1.74. The van der Waals surface area contributed by atoms with Crippen molar-refractivity contribution in [2.24, 2.45) is 7.05 Å². The van der Waals surface area contributed by atoms with Crippen molar-refractivity contribution >= 4 is 40.0 Å². The third-order valence-electron chi connectivity index (χ3n) is 4.69. The Hall–Kier alpha value is -3.25. The molecule has 3 aromatic rings. The number of thiophene rings is 1. The molecule has 0 spiro atoms. The van der Waals surface area contributed by atoms with Crippen LogP contribution in [0.25, 0.3) is 11.4 Å². The van der Waals surface area contributed by atoms with Crippen molar-refractivity contribution in [1.82, 2.24) is 14.8 Å². The SMILES string of the molecule is CCOC(=O)c1cc(C)sc1NC(=O)CSc1nnc(-c2cc(OC)c(OC)c(OC)c2)n1C. The summed E-state index contributed by atoms with van der Waals surface area (Å²) in [6.45, 7) is 3.86. The highest BCUT2D eigenvalue weighted by Crippen LogP contribution is 2.41. The zero-order valence-electron chi connectivity index (χ0n) is 19.8. The predicted molar refractivity (Wildman–Crippen MR) is 130 cm³/mol. The van der Waals surface area contributed by atoms with Crippen LogP contribution in [0.4, 0.5) is 5.00 Å². The smallest absolute Gasteiger partial charge is 0.341 e. The molecule has 3 rings (SSSR count). The third kappa shape index (κ3) is 5.45. The molecule has 0 saturated heterocycles. The van der Waals surface area contributed by atoms with E-state index >= 15 is 0 Å². The molecule has 0 atom stereocenters. The molecular weight excluding hydrogens is 480 g/mol. The molecule has 0 aliphatic carbocycles. The Morgan fingerprint density at radius 3 is 2.35 bits per heavy atom. The first kappa shape index (κ1) is 25.4. The normalized spacial score (nSPS) is 10.6. The second-order valence-electron chi connectivity index (χ2n) is 6.94. The first-order chi connectivity index (χ1) is 16.3. The van der Waals surface area contributed by atoms with Crippen molar-refractivity contribution in [3.8, 4) is 28.6 Å². The lowest BCUT2D eigenvalue weighted by atomic mass is 10.1. The number of aryl methyl sites for hydroxylation is 1. The number of nitrogens with zero attached hydrogens (tertiary/aromatic N) is 3. The molecule has 1 N–H and O–H groups in total. The van der Waals surface area contributed by atoms with Gasteiger partial charge in [0.25, 0.3) is 0 Å². The topological polar surface area (TPSA) is 114 Å². The van der Waals surface area contributed by atoms with Crippen molar-refractivity contribution in [3.05, 3.63) is 28.6 Å². The van der Waals surface area contributed by atoms with Crippen LogP contribution in [0.15, 0.2) is 23.4 Å². The number of rotatable bonds is 10. The van der Waals surface area contributed by atoms with E-state index in [0.717, 1.165) is 4.88 Å². The Kier molecular flexibility index (Phi) is 8.40. The molecule has 12 heteroatoms. The molecule has 182 valence electrons. The van der Waals surface area contributed by atoms with E-state index in [9.17, 15) is 9.59 Å². The van der Waals surface area contributed by atoms with Crippen LogP contribution < -0.4 is 19.5 Å². The van der Waals surface area contributed by atoms with Crippen LogP contribution >= 0.6 is 23.1 Å². The molecule has 2 heterocycles. The van der Waals surface area contributed by atoms with Crippen LogP contribution in [0.3, 0.4) is 0 Å². The van der Waals surface area contributed by atoms with Gasteiger partial charge >= 0.3 is 5.97 Å². The summed E-state index contributed by atoms with van der Waals surface area (Å²) >= 11 is 2.55. The Morgan fingerprint density at radius 1 is 1.09 bits per heavy atom. The van der Waals surface area contributed by atoms with Gasteiger partial charge in [-0.1, -0.05) is 11.8 Å². The average Bonchev–Trinajstić information content (AvgIpc) is 3.38. The molecule has 10 nitrogen and oxygen atoms in total. The van der Waals surface area contributed by atoms with E-state index in [0.29, 0.717) is 44.4 Å². The van der Waals surface area contributed by atoms with Crippen LogP contribution in [0, 0.1) is 6.92 Å². The van der Waals surface area contributed by atoms with Gasteiger partial charge in [0, 0.05) is 17.5 Å². The fourth-order valence-electron chi connectivity index (χ4n) is 3.16. The number of amides is 1. The van der Waals surface area contributed by atoms with E-state index in [1.807, 2.05) is 6.92 Å². The Morgan fingerprint density at radius 2 is 1.76 bits per heavy atom. The number of nitrogens with one attached hydrogen (secondary N) is 1. The van der Waals surface area contributed by atoms with Gasteiger partial charge in [-0.2, -0.15) is 0 Å². The number of thioether (sulfide) groups is 1. The number of benzene rings is 1. The Bertz CT molecular complexity index is 1170. The van der Waals surface area contributed by atoms with Crippen LogP contribution in [-0.4, -0.2) is 60.3 Å². The van der Waals surface area contributed by atoms with Gasteiger partial charge in [-0.05, 0) is 32.0 Å². The minimum atomic E-state index is -0.460. The largest absolute Gasteiger partial charge is 0.493 e. The number of ether oxygens (including phenoxy) is 4. The summed E-state index contributed by atoms with van der Waals surface area (Å²) in [7, 11) is 6.43. The molecule has 34 heavy (non-hydrogen) atoms. The van der Waals surface area contributed by atoms with Gasteiger partial charge in [0.15, 0.2) is 22.5 Å². The summed E-state index contributed by atoms with van der Waals surface area (Å²) in [6, 6.07) is 5.27. The summed E-state index contributed by atoms with van der Waals surface area (Å²) in [5, 5.41) is 12.3. The third-order valence-corrected chi connectivity index (χ3v) is 6.68. The highest BCUT2D eigenvalue weighted by molar-refractivity contribution is 7.99. The van der Waals surface area contributed by atoms with Gasteiger partial charge in [-0.15, -0.1) is 21.5 Å². The molecular formula is C22H26N4O6S2. The molecule has 0 bridgehead atoms. The standard InChI is InChI=1S/C22H26N4O6S2/c1-7-32-21(28)14-8-12(2)34-20(14)23-17(27)11-33-22-25-24-19(26(22)3)13-9-15(29-4)18(31-6)16(10-13)30-5/h8-10H,7,11H2,1-6H3,(H,23,27). The summed E-state index contributed by atoms with van der Waals surface area (Å²) in [4.78, 5) is 25.6. The molecule has 0 radical (unpaired) electrons. The van der Waals surface area contributed by atoms with Crippen molar-refractivity contribution in [3.63, 3.8) is 0 Å². The number of hydrogen-bond donors (Lipinski definition) is 1. The highest BCUT2D eigenvalue weighted by atomic mass is 32.2. The average molecular weight is 507 g/mol. The number of aromatic nitrogens is 3. The van der Waals surface area contributed by atoms with Gasteiger partial charge in [0.05, 0.1) is 39.3 Å². The molecule has 0 saturated carbocycles. The lowest BCUT2D eigenvalue weighted by Gasteiger charge is -2.14. The predicted octanol–water partition coefficient (Wildman–Crippen LogP) is 3.79. The Labute approximate surface area is 205 Å². The van der Waals surface area contributed by atoms with Crippen molar-refractivity contribution < 1.29 is 28.5 Å². The first-order valence-electron chi connectivity index (χ1n) is 10.2. The molecule has 1 amide bonds. The number of carbonyl (C=O) groups is 2. The fourth-order valence-corrected chi connectivity index (χ4v) is 4.79. The molecule has 2 aromatic heterocycles. The van der Waals surface area contributed by atoms with Crippen LogP contribution in [0.5, 0.6) is 17.2 Å². The fraction of sp³-hybridized carbons (Fsp3) is 0.364. The van der Waals surface area contributed by atoms with Gasteiger partial charge in [0.1, 0.15) is 5.00 Å². The van der Waals surface area contributed by atoms with Crippen molar-refractivity contribution in [1.29, 1.82) is 0 Å². The quantitative estimate of drug-likeness (QED) is 0.324. The van der Waals surface area contributed by atoms with Crippen molar-refractivity contribution in [2.75, 3.05) is 39.0 Å². The minimum absolute atomic E-state index is 0.0838. The molecule has 0 fully saturated rings. The lowest BCUT2D eigenvalue weighted by Crippen LogP contribution is -2.16. The van der Waals surface area contributed by atoms with Gasteiger partial charge < -0.3 is 28.8 Å². The first-order valence-corrected chi connectivity index (χ1v) is 12.0. The van der Waals surface area contributed by atoms with Crippen LogP contribution in [0.1, 0.15) is 22.2 Å². The number of hydrogen-bond acceptors (Lipinski definition) is 10. The van der Waals surface area contributed by atoms with Gasteiger partial charge in [-0.25, -0.2) is 4.79 Å². The number of anilines is 1. The second kappa shape index (κ2) is 11.3. The number of carbonyl (C=O) groups excluding carboxylic acids is 2. The van der Waals surface area contributed by atoms with E-state index in [2.05, 4.69) is 15.5 Å². The molecule has 0 aliphatic heterocycles. The monoisotopic (exact) mass is 506 g/mol. The second-order valence-corrected chi connectivity index (χ2v) is 9.14. The van der Waals surface area contributed by atoms with Crippen LogP contribution in [0.2, 0.25) is 0 Å². The molecule has 1 aromatic carbocycles. The lowest BCUT2D eigenvalue weighted by molar-refractivity contribution is -0.113. The van der Waals surface area contributed by atoms with E-state index < -0.39 is 5.97 Å². The maximum absolute atomic E-state index is 12.6. The zero-order chi connectivity index (χ0) is 24.8. The van der Waals surface area contributed by atoms with E-state index in [1.54, 1.807) is 51.0 Å². The summed E-state index contributed by atoms with van der Waals surface area (Å²) in [5.74, 6) is 1.40. The number of esters is 1.